The van der Waals surface area contributed by atoms with E-state index in [0.717, 1.165) is 4.22 Å². The third kappa shape index (κ3) is 7.82. The summed E-state index contributed by atoms with van der Waals surface area (Å²) in [6.45, 7) is 7.05. The molecule has 0 saturated heterocycles. The molecule has 0 amide bonds. The number of hydrogen-bond donors (Lipinski definition) is 0. The average Bonchev–Trinajstić information content (AvgIpc) is 3.36. The molecule has 0 fully saturated rings. The number of rotatable bonds is 13. The Morgan fingerprint density at radius 1 is 0.657 bits per heavy atom. The van der Waals surface area contributed by atoms with Gasteiger partial charge in [0.1, 0.15) is 0 Å². The molecule has 2 aromatic carbocycles. The van der Waals surface area contributed by atoms with Gasteiger partial charge >= 0.3 is 214 Å². The molecule has 2 atom stereocenters. The summed E-state index contributed by atoms with van der Waals surface area (Å²) in [6.07, 6.45) is 19.2. The van der Waals surface area contributed by atoms with E-state index in [1.54, 1.807) is 16.7 Å². The molecule has 188 valence electrons. The van der Waals surface area contributed by atoms with Crippen LogP contribution in [0.1, 0.15) is 103 Å². The molecule has 2 aliphatic rings. The molecule has 0 nitrogen and oxygen atoms in total. The first-order valence-corrected chi connectivity index (χ1v) is 16.8. The minimum Gasteiger partial charge on any atom is -1.00 e. The molecule has 0 spiro atoms. The van der Waals surface area contributed by atoms with E-state index in [9.17, 15) is 0 Å². The predicted molar refractivity (Wildman–Crippen MR) is 145 cm³/mol. The zero-order valence-electron chi connectivity index (χ0n) is 21.7. The van der Waals surface area contributed by atoms with Crippen molar-refractivity contribution in [2.75, 3.05) is 12.3 Å². The normalized spacial score (nSPS) is 17.6. The van der Waals surface area contributed by atoms with Crippen LogP contribution in [-0.4, -0.2) is 12.3 Å². The molecule has 0 N–H and O–H groups in total. The number of allylic oxidation sites excluding steroid dienone is 2. The van der Waals surface area contributed by atoms with Crippen molar-refractivity contribution in [1.29, 1.82) is 0 Å². The Morgan fingerprint density at radius 3 is 1.74 bits per heavy atom. The smallest absolute Gasteiger partial charge is 1.00 e. The Bertz CT molecular complexity index is 971. The van der Waals surface area contributed by atoms with Crippen LogP contribution in [0.2, 0.25) is 0 Å². The van der Waals surface area contributed by atoms with Crippen molar-refractivity contribution in [3.8, 4) is 0 Å². The van der Waals surface area contributed by atoms with Crippen LogP contribution in [0, 0.1) is 0 Å². The second kappa shape index (κ2) is 15.8. The molecule has 0 heterocycles. The van der Waals surface area contributed by atoms with Gasteiger partial charge in [-0.3, -0.25) is 0 Å². The van der Waals surface area contributed by atoms with E-state index >= 15 is 0 Å². The van der Waals surface area contributed by atoms with E-state index in [1.807, 2.05) is 5.31 Å². The minimum atomic E-state index is -0.215. The summed E-state index contributed by atoms with van der Waals surface area (Å²) >= 11 is -0.215. The van der Waals surface area contributed by atoms with Crippen LogP contribution in [0.25, 0.3) is 12.2 Å². The number of hydrogen-bond acceptors (Lipinski definition) is 0. The summed E-state index contributed by atoms with van der Waals surface area (Å²) in [5.74, 6) is 0. The first kappa shape index (κ1) is 30.9. The maximum atomic E-state index is 2.66. The fraction of sp³-hybridized carbons (Fsp3) is 0.484. The molecule has 0 aromatic heterocycles. The summed E-state index contributed by atoms with van der Waals surface area (Å²) in [6, 6.07) is 18.5. The topological polar surface area (TPSA) is 0 Å². The number of halogens is 2. The number of benzene rings is 2. The molecule has 35 heavy (non-hydrogen) atoms. The van der Waals surface area contributed by atoms with Gasteiger partial charge in [0.15, 0.2) is 0 Å². The average molecular weight is 563 g/mol. The summed E-state index contributed by atoms with van der Waals surface area (Å²) in [5.41, 5.74) is 7.87. The van der Waals surface area contributed by atoms with Gasteiger partial charge < -0.3 is 24.8 Å². The van der Waals surface area contributed by atoms with E-state index < -0.39 is 0 Å². The van der Waals surface area contributed by atoms with Crippen LogP contribution < -0.4 is 24.8 Å². The van der Waals surface area contributed by atoms with Crippen molar-refractivity contribution in [1.82, 2.24) is 0 Å². The Kier molecular flexibility index (Phi) is 13.9. The summed E-state index contributed by atoms with van der Waals surface area (Å²) in [4.78, 5) is 0. The third-order valence-electron chi connectivity index (χ3n) is 7.31. The van der Waals surface area contributed by atoms with Crippen LogP contribution in [-0.2, 0) is 19.2 Å². The largest absolute Gasteiger partial charge is 1.00 e. The quantitative estimate of drug-likeness (QED) is 0.197. The monoisotopic (exact) mass is 562 g/mol. The SMILES string of the molecule is CCCCCCP(CCCCCC)C1=Cc2ccccc2[CH]1[Ti+2][CH]1C(C)=Cc2ccccc21.[Cl-].[Cl-]. The van der Waals surface area contributed by atoms with Gasteiger partial charge in [-0.05, 0) is 0 Å². The molecule has 0 saturated carbocycles. The van der Waals surface area contributed by atoms with Crippen LogP contribution in [0.3, 0.4) is 0 Å². The summed E-state index contributed by atoms with van der Waals surface area (Å²) in [5, 5.41) is 1.87. The molecular formula is C31H41Cl2PTi. The van der Waals surface area contributed by atoms with E-state index in [4.69, 9.17) is 0 Å². The maximum absolute atomic E-state index is 2.66. The van der Waals surface area contributed by atoms with Gasteiger partial charge in [-0.2, -0.15) is 0 Å². The van der Waals surface area contributed by atoms with Gasteiger partial charge in [0, 0.05) is 0 Å². The van der Waals surface area contributed by atoms with Crippen molar-refractivity contribution in [2.24, 2.45) is 0 Å². The van der Waals surface area contributed by atoms with E-state index in [0.29, 0.717) is 4.22 Å². The number of unbranched alkanes of at least 4 members (excludes halogenated alkanes) is 6. The fourth-order valence-electron chi connectivity index (χ4n) is 5.45. The second-order valence-corrected chi connectivity index (χ2v) is 14.7. The van der Waals surface area contributed by atoms with Crippen molar-refractivity contribution in [3.63, 3.8) is 0 Å². The zero-order chi connectivity index (χ0) is 23.0. The van der Waals surface area contributed by atoms with Crippen molar-refractivity contribution < 1.29 is 44.0 Å². The third-order valence-corrected chi connectivity index (χ3v) is 13.7. The van der Waals surface area contributed by atoms with E-state index in [2.05, 4.69) is 81.5 Å². The number of fused-ring (bicyclic) bond motifs is 2. The minimum absolute atomic E-state index is 0. The van der Waals surface area contributed by atoms with Crippen LogP contribution in [0.15, 0.2) is 59.4 Å². The van der Waals surface area contributed by atoms with Crippen molar-refractivity contribution in [3.05, 3.63) is 81.7 Å². The molecule has 0 radical (unpaired) electrons. The summed E-state index contributed by atoms with van der Waals surface area (Å²) in [7, 11) is -0.00955. The maximum Gasteiger partial charge on any atom is -1.00 e. The molecule has 2 aromatic rings. The Morgan fingerprint density at radius 2 is 1.17 bits per heavy atom. The molecule has 4 rings (SSSR count). The van der Waals surface area contributed by atoms with Gasteiger partial charge in [0.25, 0.3) is 0 Å². The predicted octanol–water partition coefficient (Wildman–Crippen LogP) is 3.97. The molecule has 0 aliphatic heterocycles. The standard InChI is InChI=1S/C21H32P.C10H9.2ClH.Ti/c1-3-5-7-11-15-22(16-12-8-6-4-2)21-17-19-13-9-10-14-20(19)18-21;1-8-6-9-4-2-3-5-10(9)7-8;;;/h9-10,13-14,17-18H,3-8,11-12,15-16H2,1-2H3;2-7H,1H3;2*1H;/q;;;;+2/p-2. The first-order chi connectivity index (χ1) is 16.2. The molecule has 0 bridgehead atoms. The summed E-state index contributed by atoms with van der Waals surface area (Å²) < 4.78 is 1.42. The molecule has 4 heteroatoms. The van der Waals surface area contributed by atoms with E-state index in [1.165, 1.54) is 74.8 Å². The Labute approximate surface area is 237 Å². The van der Waals surface area contributed by atoms with Gasteiger partial charge in [0.05, 0.1) is 0 Å². The van der Waals surface area contributed by atoms with Crippen LogP contribution in [0.4, 0.5) is 0 Å². The van der Waals surface area contributed by atoms with Gasteiger partial charge in [-0.15, -0.1) is 0 Å². The van der Waals surface area contributed by atoms with Crippen molar-refractivity contribution >= 4 is 20.1 Å². The van der Waals surface area contributed by atoms with Gasteiger partial charge in [-0.1, -0.05) is 0 Å². The Balaban J connectivity index is 0.00000216. The van der Waals surface area contributed by atoms with E-state index in [-0.39, 0.29) is 51.9 Å². The molecule has 2 unspecified atom stereocenters. The first-order valence-electron chi connectivity index (χ1n) is 13.3. The second-order valence-electron chi connectivity index (χ2n) is 9.86. The fourth-order valence-corrected chi connectivity index (χ4v) is 12.2. The Hall–Kier alpha value is -0.356. The van der Waals surface area contributed by atoms with Crippen LogP contribution >= 0.6 is 7.92 Å². The zero-order valence-corrected chi connectivity index (χ0v) is 25.7. The van der Waals surface area contributed by atoms with Crippen molar-refractivity contribution in [2.45, 2.75) is 80.6 Å². The van der Waals surface area contributed by atoms with Gasteiger partial charge in [-0.25, -0.2) is 0 Å². The van der Waals surface area contributed by atoms with Crippen LogP contribution in [0.5, 0.6) is 0 Å². The molecular weight excluding hydrogens is 522 g/mol. The molecule has 2 aliphatic carbocycles. The van der Waals surface area contributed by atoms with Gasteiger partial charge in [0.2, 0.25) is 0 Å².